The van der Waals surface area contributed by atoms with Crippen molar-refractivity contribution >= 4 is 44.8 Å². The molecule has 0 amide bonds. The third-order valence-corrected chi connectivity index (χ3v) is 8.10. The molecule has 3 aromatic rings. The van der Waals surface area contributed by atoms with Crippen molar-refractivity contribution in [2.75, 3.05) is 6.26 Å². The van der Waals surface area contributed by atoms with Gasteiger partial charge in [-0.3, -0.25) is 0 Å². The topological polar surface area (TPSA) is 0 Å². The van der Waals surface area contributed by atoms with E-state index in [-0.39, 0.29) is 0 Å². The van der Waals surface area contributed by atoms with Gasteiger partial charge >= 0.3 is 0 Å². The van der Waals surface area contributed by atoms with Crippen molar-refractivity contribution in [3.05, 3.63) is 87.9 Å². The van der Waals surface area contributed by atoms with Gasteiger partial charge in [0.25, 0.3) is 0 Å². The summed E-state index contributed by atoms with van der Waals surface area (Å²) in [6, 6.07) is 24.0. The van der Waals surface area contributed by atoms with Crippen LogP contribution in [0.4, 0.5) is 0 Å². The molecular weight excluding hydrogens is 367 g/mol. The fourth-order valence-electron chi connectivity index (χ4n) is 2.57. The number of hydrogen-bond acceptors (Lipinski definition) is 0. The highest BCUT2D eigenvalue weighted by atomic mass is 35.5. The summed E-state index contributed by atoms with van der Waals surface area (Å²) < 4.78 is 0. The predicted molar refractivity (Wildman–Crippen MR) is 103 cm³/mol. The van der Waals surface area contributed by atoms with Gasteiger partial charge in [-0.1, -0.05) is 53.0 Å². The number of benzene rings is 3. The van der Waals surface area contributed by atoms with E-state index in [1.807, 2.05) is 54.6 Å². The summed E-state index contributed by atoms with van der Waals surface area (Å²) in [6.07, 6.45) is 2.25. The Morgan fingerprint density at radius 2 is 0.870 bits per heavy atom. The van der Waals surface area contributed by atoms with E-state index in [0.29, 0.717) is 0 Å². The van der Waals surface area contributed by atoms with Crippen LogP contribution in [0.15, 0.2) is 87.5 Å². The number of rotatable bonds is 3. The van der Waals surface area contributed by atoms with Gasteiger partial charge in [0.2, 0.25) is 0 Å². The number of halogens is 3. The van der Waals surface area contributed by atoms with E-state index in [4.69, 9.17) is 34.8 Å². The molecule has 3 rings (SSSR count). The fourth-order valence-corrected chi connectivity index (χ4v) is 6.29. The van der Waals surface area contributed by atoms with Gasteiger partial charge < -0.3 is 0 Å². The third kappa shape index (κ3) is 3.39. The van der Waals surface area contributed by atoms with Crippen LogP contribution >= 0.6 is 44.8 Å². The first-order chi connectivity index (χ1) is 11.0. The highest BCUT2D eigenvalue weighted by molar-refractivity contribution is 8.33. The van der Waals surface area contributed by atoms with Crippen LogP contribution in [-0.2, 0) is 0 Å². The molecule has 3 aromatic carbocycles. The Kier molecular flexibility index (Phi) is 4.93. The molecule has 0 atom stereocenters. The van der Waals surface area contributed by atoms with Crippen LogP contribution in [-0.4, -0.2) is 6.26 Å². The van der Waals surface area contributed by atoms with Gasteiger partial charge in [0.15, 0.2) is 0 Å². The van der Waals surface area contributed by atoms with Crippen molar-refractivity contribution < 1.29 is 0 Å². The van der Waals surface area contributed by atoms with E-state index in [0.717, 1.165) is 15.1 Å². The van der Waals surface area contributed by atoms with Crippen molar-refractivity contribution in [1.29, 1.82) is 0 Å². The van der Waals surface area contributed by atoms with Crippen molar-refractivity contribution in [1.82, 2.24) is 0 Å². The minimum Gasteiger partial charge on any atom is -0.163 e. The first kappa shape index (κ1) is 16.7. The lowest BCUT2D eigenvalue weighted by Crippen LogP contribution is -2.01. The third-order valence-electron chi connectivity index (χ3n) is 3.80. The molecule has 0 radical (unpaired) electrons. The SMILES string of the molecule is CS(c1cccc(Cl)c1)(c1cccc(Cl)c1)c1cccc(Cl)c1. The standard InChI is InChI=1S/C19H15Cl3S/c1-23(17-8-2-5-14(20)11-17,18-9-3-6-15(21)12-18)19-10-4-7-16(22)13-19/h2-13H,1H3. The van der Waals surface area contributed by atoms with Crippen LogP contribution < -0.4 is 0 Å². The van der Waals surface area contributed by atoms with Gasteiger partial charge in [-0.05, 0) is 75.5 Å². The molecule has 0 aliphatic rings. The summed E-state index contributed by atoms with van der Waals surface area (Å²) in [6.45, 7) is 0. The van der Waals surface area contributed by atoms with Gasteiger partial charge in [0.1, 0.15) is 0 Å². The van der Waals surface area contributed by atoms with Crippen LogP contribution in [0.5, 0.6) is 0 Å². The van der Waals surface area contributed by atoms with E-state index in [1.54, 1.807) is 0 Å². The molecule has 0 saturated carbocycles. The van der Waals surface area contributed by atoms with Crippen LogP contribution in [0, 0.1) is 0 Å². The molecule has 4 heteroatoms. The molecule has 0 aliphatic carbocycles. The summed E-state index contributed by atoms with van der Waals surface area (Å²) in [5, 5.41) is 2.18. The highest BCUT2D eigenvalue weighted by Gasteiger charge is 2.26. The molecule has 0 unspecified atom stereocenters. The van der Waals surface area contributed by atoms with E-state index in [1.165, 1.54) is 14.7 Å². The average molecular weight is 382 g/mol. The molecule has 0 nitrogen and oxygen atoms in total. The quantitative estimate of drug-likeness (QED) is 0.439. The molecule has 0 fully saturated rings. The second kappa shape index (κ2) is 6.78. The van der Waals surface area contributed by atoms with Crippen LogP contribution in [0.3, 0.4) is 0 Å². The lowest BCUT2D eigenvalue weighted by molar-refractivity contribution is 1.30. The summed E-state index contributed by atoms with van der Waals surface area (Å²) in [5.74, 6) is 0. The first-order valence-corrected chi connectivity index (χ1v) is 10.2. The van der Waals surface area contributed by atoms with Gasteiger partial charge in [-0.25, -0.2) is 0 Å². The molecule has 0 bridgehead atoms. The average Bonchev–Trinajstić information content (AvgIpc) is 2.54. The monoisotopic (exact) mass is 380 g/mol. The van der Waals surface area contributed by atoms with Crippen molar-refractivity contribution in [3.8, 4) is 0 Å². The maximum Gasteiger partial charge on any atom is 0.0416 e. The molecule has 0 saturated heterocycles. The molecule has 0 spiro atoms. The van der Waals surface area contributed by atoms with Gasteiger partial charge in [0.05, 0.1) is 0 Å². The highest BCUT2D eigenvalue weighted by Crippen LogP contribution is 2.66. The zero-order valence-electron chi connectivity index (χ0n) is 12.5. The molecule has 23 heavy (non-hydrogen) atoms. The number of hydrogen-bond donors (Lipinski definition) is 0. The van der Waals surface area contributed by atoms with Gasteiger partial charge in [-0.2, -0.15) is 10.0 Å². The largest absolute Gasteiger partial charge is 0.163 e. The summed E-state index contributed by atoms with van der Waals surface area (Å²) in [7, 11) is -1.50. The maximum atomic E-state index is 6.25. The lowest BCUT2D eigenvalue weighted by Gasteiger charge is -2.37. The second-order valence-corrected chi connectivity index (χ2v) is 9.85. The Balaban J connectivity index is 2.29. The summed E-state index contributed by atoms with van der Waals surface area (Å²) >= 11 is 18.7. The first-order valence-electron chi connectivity index (χ1n) is 7.05. The van der Waals surface area contributed by atoms with Crippen LogP contribution in [0.2, 0.25) is 15.1 Å². The second-order valence-electron chi connectivity index (χ2n) is 5.29. The van der Waals surface area contributed by atoms with Gasteiger partial charge in [-0.15, -0.1) is 0 Å². The zero-order valence-corrected chi connectivity index (χ0v) is 15.6. The Morgan fingerprint density at radius 3 is 1.13 bits per heavy atom. The minimum absolute atomic E-state index is 0.727. The molecular formula is C19H15Cl3S. The molecule has 0 N–H and O–H groups in total. The van der Waals surface area contributed by atoms with E-state index in [2.05, 4.69) is 24.5 Å². The fraction of sp³-hybridized carbons (Fsp3) is 0.0526. The Morgan fingerprint density at radius 1 is 0.565 bits per heavy atom. The predicted octanol–water partition coefficient (Wildman–Crippen LogP) is 7.56. The lowest BCUT2D eigenvalue weighted by atomic mass is 10.3. The van der Waals surface area contributed by atoms with Crippen LogP contribution in [0.1, 0.15) is 0 Å². The summed E-state index contributed by atoms with van der Waals surface area (Å²) in [5.41, 5.74) is 0. The van der Waals surface area contributed by atoms with Crippen molar-refractivity contribution in [2.45, 2.75) is 14.7 Å². The normalized spacial score (nSPS) is 12.2. The van der Waals surface area contributed by atoms with E-state index in [9.17, 15) is 0 Å². The van der Waals surface area contributed by atoms with E-state index < -0.39 is 10.0 Å². The Bertz CT molecular complexity index is 734. The Labute approximate surface area is 153 Å². The molecule has 118 valence electrons. The van der Waals surface area contributed by atoms with Crippen molar-refractivity contribution in [3.63, 3.8) is 0 Å². The zero-order chi connectivity index (χ0) is 16.4. The molecule has 0 aromatic heterocycles. The Hall–Kier alpha value is -1.12. The molecule has 0 heterocycles. The molecule has 0 aliphatic heterocycles. The smallest absolute Gasteiger partial charge is 0.0416 e. The van der Waals surface area contributed by atoms with Crippen LogP contribution in [0.25, 0.3) is 0 Å². The maximum absolute atomic E-state index is 6.25. The van der Waals surface area contributed by atoms with Gasteiger partial charge in [0, 0.05) is 15.1 Å². The minimum atomic E-state index is -1.50. The summed E-state index contributed by atoms with van der Waals surface area (Å²) in [4.78, 5) is 3.53. The van der Waals surface area contributed by atoms with E-state index >= 15 is 0 Å². The van der Waals surface area contributed by atoms with Crippen molar-refractivity contribution in [2.24, 2.45) is 0 Å².